The number of nitrogen functional groups attached to an aromatic ring is 1. The molecule has 98 valence electrons. The van der Waals surface area contributed by atoms with Crippen molar-refractivity contribution in [3.05, 3.63) is 23.5 Å². The summed E-state index contributed by atoms with van der Waals surface area (Å²) in [5.41, 5.74) is 6.95. The predicted molar refractivity (Wildman–Crippen MR) is 69.0 cm³/mol. The lowest BCUT2D eigenvalue weighted by molar-refractivity contribution is -0.122. The van der Waals surface area contributed by atoms with Crippen LogP contribution in [0.1, 0.15) is 29.9 Å². The van der Waals surface area contributed by atoms with Crippen molar-refractivity contribution in [2.75, 3.05) is 12.3 Å². The van der Waals surface area contributed by atoms with E-state index >= 15 is 0 Å². The number of pyridine rings is 1. The zero-order valence-electron chi connectivity index (χ0n) is 10.8. The Morgan fingerprint density at radius 1 is 1.50 bits per heavy atom. The Hall–Kier alpha value is -2.11. The quantitative estimate of drug-likeness (QED) is 0.712. The van der Waals surface area contributed by atoms with Crippen LogP contribution in [0.2, 0.25) is 0 Å². The Morgan fingerprint density at radius 2 is 2.17 bits per heavy atom. The first-order valence-electron chi connectivity index (χ1n) is 5.76. The third-order valence-electron chi connectivity index (χ3n) is 2.44. The molecule has 0 spiro atoms. The maximum Gasteiger partial charge on any atom is 0.253 e. The number of hydrogen-bond donors (Lipinski definition) is 3. The fraction of sp³-hybridized carbons (Fsp3) is 0.417. The van der Waals surface area contributed by atoms with Gasteiger partial charge in [-0.1, -0.05) is 0 Å². The van der Waals surface area contributed by atoms with Gasteiger partial charge in [-0.3, -0.25) is 14.6 Å². The molecule has 0 aliphatic rings. The number of carbonyl (C=O) groups excluding carboxylic acids is 2. The number of anilines is 1. The maximum atomic E-state index is 12.0. The number of rotatable bonds is 4. The van der Waals surface area contributed by atoms with Crippen molar-refractivity contribution < 1.29 is 9.59 Å². The highest BCUT2D eigenvalue weighted by molar-refractivity contribution is 5.98. The molecule has 6 nitrogen and oxygen atoms in total. The summed E-state index contributed by atoms with van der Waals surface area (Å²) in [6.07, 6.45) is 1.49. The Balaban J connectivity index is 2.76. The van der Waals surface area contributed by atoms with Crippen molar-refractivity contribution in [1.29, 1.82) is 0 Å². The molecule has 0 aliphatic heterocycles. The first-order chi connectivity index (χ1) is 8.45. The van der Waals surface area contributed by atoms with Crippen LogP contribution >= 0.6 is 0 Å². The number of aromatic nitrogens is 1. The van der Waals surface area contributed by atoms with E-state index in [1.165, 1.54) is 6.20 Å². The lowest BCUT2D eigenvalue weighted by Gasteiger charge is -2.14. The van der Waals surface area contributed by atoms with Gasteiger partial charge in [-0.15, -0.1) is 0 Å². The van der Waals surface area contributed by atoms with E-state index < -0.39 is 6.04 Å². The molecule has 0 saturated carbocycles. The number of carbonyl (C=O) groups is 2. The highest BCUT2D eigenvalue weighted by atomic mass is 16.2. The third-order valence-corrected chi connectivity index (χ3v) is 2.44. The molecule has 6 heteroatoms. The van der Waals surface area contributed by atoms with Gasteiger partial charge in [0, 0.05) is 6.54 Å². The van der Waals surface area contributed by atoms with E-state index in [0.29, 0.717) is 23.5 Å². The topological polar surface area (TPSA) is 97.1 Å². The predicted octanol–water partition coefficient (Wildman–Crippen LogP) is 0.227. The molecule has 2 amide bonds. The van der Waals surface area contributed by atoms with Crippen molar-refractivity contribution in [2.24, 2.45) is 0 Å². The number of amides is 2. The maximum absolute atomic E-state index is 12.0. The highest BCUT2D eigenvalue weighted by Crippen LogP contribution is 2.09. The molecule has 1 unspecified atom stereocenters. The van der Waals surface area contributed by atoms with E-state index in [2.05, 4.69) is 15.6 Å². The normalized spacial score (nSPS) is 11.7. The second kappa shape index (κ2) is 6.00. The number of hydrogen-bond acceptors (Lipinski definition) is 4. The first kappa shape index (κ1) is 14.0. The number of nitrogens with zero attached hydrogens (tertiary/aromatic N) is 1. The van der Waals surface area contributed by atoms with E-state index in [4.69, 9.17) is 5.73 Å². The number of aryl methyl sites for hydroxylation is 1. The van der Waals surface area contributed by atoms with Gasteiger partial charge in [-0.25, -0.2) is 0 Å². The van der Waals surface area contributed by atoms with Crippen LogP contribution in [0.5, 0.6) is 0 Å². The minimum atomic E-state index is -0.599. The van der Waals surface area contributed by atoms with E-state index in [-0.39, 0.29) is 11.8 Å². The lowest BCUT2D eigenvalue weighted by atomic mass is 10.1. The van der Waals surface area contributed by atoms with E-state index in [1.807, 2.05) is 6.92 Å². The summed E-state index contributed by atoms with van der Waals surface area (Å²) in [5.74, 6) is -0.577. The van der Waals surface area contributed by atoms with Gasteiger partial charge in [0.15, 0.2) is 0 Å². The molecule has 1 rings (SSSR count). The summed E-state index contributed by atoms with van der Waals surface area (Å²) < 4.78 is 0. The minimum Gasteiger partial charge on any atom is -0.397 e. The second-order valence-corrected chi connectivity index (χ2v) is 3.99. The molecule has 0 aliphatic carbocycles. The van der Waals surface area contributed by atoms with Crippen LogP contribution < -0.4 is 16.4 Å². The fourth-order valence-corrected chi connectivity index (χ4v) is 1.45. The minimum absolute atomic E-state index is 0.222. The summed E-state index contributed by atoms with van der Waals surface area (Å²) in [6.45, 7) is 5.68. The van der Waals surface area contributed by atoms with Crippen molar-refractivity contribution in [1.82, 2.24) is 15.6 Å². The van der Waals surface area contributed by atoms with E-state index in [0.717, 1.165) is 0 Å². The summed E-state index contributed by atoms with van der Waals surface area (Å²) >= 11 is 0. The zero-order chi connectivity index (χ0) is 13.7. The Kier molecular flexibility index (Phi) is 4.65. The van der Waals surface area contributed by atoms with Gasteiger partial charge >= 0.3 is 0 Å². The van der Waals surface area contributed by atoms with Gasteiger partial charge < -0.3 is 16.4 Å². The molecule has 0 radical (unpaired) electrons. The van der Waals surface area contributed by atoms with E-state index in [1.54, 1.807) is 19.9 Å². The molecule has 0 fully saturated rings. The molecule has 1 heterocycles. The molecule has 0 bridgehead atoms. The van der Waals surface area contributed by atoms with Crippen LogP contribution in [0.25, 0.3) is 0 Å². The number of nitrogens with two attached hydrogens (primary N) is 1. The molecule has 18 heavy (non-hydrogen) atoms. The lowest BCUT2D eigenvalue weighted by Crippen LogP contribution is -2.44. The molecule has 1 aromatic heterocycles. The Labute approximate surface area is 106 Å². The molecule has 4 N–H and O–H groups in total. The van der Waals surface area contributed by atoms with Gasteiger partial charge in [-0.05, 0) is 26.8 Å². The zero-order valence-corrected chi connectivity index (χ0v) is 10.8. The van der Waals surface area contributed by atoms with Gasteiger partial charge in [0.05, 0.1) is 23.1 Å². The van der Waals surface area contributed by atoms with Crippen LogP contribution in [0.3, 0.4) is 0 Å². The average Bonchev–Trinajstić information content (AvgIpc) is 2.32. The van der Waals surface area contributed by atoms with Crippen molar-refractivity contribution in [3.8, 4) is 0 Å². The van der Waals surface area contributed by atoms with E-state index in [9.17, 15) is 9.59 Å². The van der Waals surface area contributed by atoms with Crippen molar-refractivity contribution in [3.63, 3.8) is 0 Å². The number of likely N-dealkylation sites (N-methyl/N-ethyl adjacent to an activating group) is 1. The fourth-order valence-electron chi connectivity index (χ4n) is 1.45. The summed E-state index contributed by atoms with van der Waals surface area (Å²) in [7, 11) is 0. The van der Waals surface area contributed by atoms with Crippen LogP contribution in [-0.4, -0.2) is 29.4 Å². The average molecular weight is 250 g/mol. The molecule has 0 aromatic carbocycles. The van der Waals surface area contributed by atoms with Gasteiger partial charge in [0.2, 0.25) is 5.91 Å². The van der Waals surface area contributed by atoms with Crippen LogP contribution in [0.4, 0.5) is 5.69 Å². The largest absolute Gasteiger partial charge is 0.397 e. The Bertz CT molecular complexity index is 459. The highest BCUT2D eigenvalue weighted by Gasteiger charge is 2.17. The van der Waals surface area contributed by atoms with Crippen LogP contribution in [-0.2, 0) is 4.79 Å². The summed E-state index contributed by atoms with van der Waals surface area (Å²) in [6, 6.07) is 0.945. The smallest absolute Gasteiger partial charge is 0.253 e. The van der Waals surface area contributed by atoms with Crippen molar-refractivity contribution in [2.45, 2.75) is 26.8 Å². The molecular weight excluding hydrogens is 232 g/mol. The first-order valence-corrected chi connectivity index (χ1v) is 5.76. The van der Waals surface area contributed by atoms with Gasteiger partial charge in [0.1, 0.15) is 6.04 Å². The molecular formula is C12H18N4O2. The van der Waals surface area contributed by atoms with Crippen LogP contribution in [0, 0.1) is 6.92 Å². The SMILES string of the molecule is CCNC(=O)C(C)NC(=O)c1cc(N)cnc1C. The molecule has 1 atom stereocenters. The monoisotopic (exact) mass is 250 g/mol. The van der Waals surface area contributed by atoms with Gasteiger partial charge in [-0.2, -0.15) is 0 Å². The standard InChI is InChI=1S/C12H18N4O2/c1-4-14-11(17)8(3)16-12(18)10-5-9(13)6-15-7(10)2/h5-6,8H,4,13H2,1-3H3,(H,14,17)(H,16,18). The summed E-state index contributed by atoms with van der Waals surface area (Å²) in [4.78, 5) is 27.4. The second-order valence-electron chi connectivity index (χ2n) is 3.99. The molecule has 0 saturated heterocycles. The Morgan fingerprint density at radius 3 is 2.78 bits per heavy atom. The van der Waals surface area contributed by atoms with Crippen LogP contribution in [0.15, 0.2) is 12.3 Å². The van der Waals surface area contributed by atoms with Gasteiger partial charge in [0.25, 0.3) is 5.91 Å². The third kappa shape index (κ3) is 3.44. The van der Waals surface area contributed by atoms with Crippen molar-refractivity contribution >= 4 is 17.5 Å². The summed E-state index contributed by atoms with van der Waals surface area (Å²) in [5, 5.41) is 5.24. The molecule has 1 aromatic rings. The number of nitrogens with one attached hydrogen (secondary N) is 2.